The molecule has 8 heteroatoms. The quantitative estimate of drug-likeness (QED) is 0.854. The third-order valence-electron chi connectivity index (χ3n) is 3.84. The Labute approximate surface area is 145 Å². The predicted octanol–water partition coefficient (Wildman–Crippen LogP) is 0.784. The fraction of sp³-hybridized carbons (Fsp3) is 0.250. The van der Waals surface area contributed by atoms with Gasteiger partial charge in [0, 0.05) is 38.2 Å². The van der Waals surface area contributed by atoms with Crippen molar-refractivity contribution in [1.29, 1.82) is 0 Å². The highest BCUT2D eigenvalue weighted by Gasteiger charge is 2.29. The van der Waals surface area contributed by atoms with Gasteiger partial charge in [-0.25, -0.2) is 0 Å². The molecule has 2 aromatic heterocycles. The molecule has 2 amide bonds. The smallest absolute Gasteiger partial charge is 0.273 e. The van der Waals surface area contributed by atoms with Crippen LogP contribution in [0.25, 0.3) is 0 Å². The second-order valence-corrected chi connectivity index (χ2v) is 5.30. The number of carbonyl (C=O) groups excluding carboxylic acids is 2. The molecule has 2 aromatic rings. The molecule has 24 heavy (non-hydrogen) atoms. The molecular formula is C16H18ClN5O2. The van der Waals surface area contributed by atoms with Crippen molar-refractivity contribution < 1.29 is 9.59 Å². The maximum Gasteiger partial charge on any atom is 0.273 e. The minimum atomic E-state index is -0.563. The summed E-state index contributed by atoms with van der Waals surface area (Å²) in [5, 5.41) is 3.29. The molecule has 0 saturated carbocycles. The molecule has 1 aliphatic rings. The van der Waals surface area contributed by atoms with E-state index in [2.05, 4.69) is 15.3 Å². The van der Waals surface area contributed by atoms with Crippen LogP contribution in [-0.2, 0) is 0 Å². The number of piperazine rings is 1. The lowest BCUT2D eigenvalue weighted by atomic mass is 10.0. The van der Waals surface area contributed by atoms with Gasteiger partial charge < -0.3 is 16.0 Å². The molecule has 0 radical (unpaired) electrons. The Hall–Kier alpha value is -2.51. The van der Waals surface area contributed by atoms with Crippen molar-refractivity contribution in [1.82, 2.24) is 20.2 Å². The average Bonchev–Trinajstić information content (AvgIpc) is 2.62. The Morgan fingerprint density at radius 2 is 2.08 bits per heavy atom. The number of nitrogens with zero attached hydrogens (tertiary/aromatic N) is 3. The minimum absolute atomic E-state index is 0. The third-order valence-corrected chi connectivity index (χ3v) is 3.84. The molecule has 0 aliphatic carbocycles. The molecule has 3 heterocycles. The minimum Gasteiger partial charge on any atom is -0.366 e. The molecule has 1 saturated heterocycles. The van der Waals surface area contributed by atoms with Crippen LogP contribution in [0.15, 0.2) is 42.9 Å². The first kappa shape index (κ1) is 17.8. The van der Waals surface area contributed by atoms with Gasteiger partial charge in [-0.15, -0.1) is 12.4 Å². The van der Waals surface area contributed by atoms with E-state index < -0.39 is 5.91 Å². The monoisotopic (exact) mass is 347 g/mol. The van der Waals surface area contributed by atoms with E-state index in [1.807, 2.05) is 12.1 Å². The number of aromatic nitrogens is 2. The molecule has 0 bridgehead atoms. The van der Waals surface area contributed by atoms with Crippen LogP contribution < -0.4 is 11.1 Å². The van der Waals surface area contributed by atoms with Gasteiger partial charge in [-0.1, -0.05) is 6.07 Å². The standard InChI is InChI=1S/C16H17N5O2.ClH/c17-15(22)12-3-4-13(20-9-12)16(23)21-7-6-19-10-14(21)11-2-1-5-18-8-11;/h1-5,8-9,14,19H,6-7,10H2,(H2,17,22);1H. The summed E-state index contributed by atoms with van der Waals surface area (Å²) in [6.45, 7) is 1.97. The Balaban J connectivity index is 0.00000208. The number of carbonyl (C=O) groups is 2. The summed E-state index contributed by atoms with van der Waals surface area (Å²) < 4.78 is 0. The summed E-state index contributed by atoms with van der Waals surface area (Å²) in [5.41, 5.74) is 6.75. The number of amides is 2. The van der Waals surface area contributed by atoms with E-state index in [1.165, 1.54) is 18.3 Å². The Kier molecular flexibility index (Phi) is 5.83. The average molecular weight is 348 g/mol. The van der Waals surface area contributed by atoms with E-state index in [0.29, 0.717) is 18.8 Å². The number of halogens is 1. The van der Waals surface area contributed by atoms with Crippen molar-refractivity contribution in [3.63, 3.8) is 0 Å². The number of hydrogen-bond donors (Lipinski definition) is 2. The second-order valence-electron chi connectivity index (χ2n) is 5.30. The van der Waals surface area contributed by atoms with Gasteiger partial charge in [0.15, 0.2) is 0 Å². The van der Waals surface area contributed by atoms with Gasteiger partial charge in [0.2, 0.25) is 5.91 Å². The van der Waals surface area contributed by atoms with Crippen LogP contribution >= 0.6 is 12.4 Å². The van der Waals surface area contributed by atoms with Gasteiger partial charge in [0.25, 0.3) is 5.91 Å². The molecular weight excluding hydrogens is 330 g/mol. The fourth-order valence-corrected chi connectivity index (χ4v) is 2.63. The highest BCUT2D eigenvalue weighted by atomic mass is 35.5. The molecule has 3 N–H and O–H groups in total. The largest absolute Gasteiger partial charge is 0.366 e. The summed E-state index contributed by atoms with van der Waals surface area (Å²) in [6.07, 6.45) is 4.80. The fourth-order valence-electron chi connectivity index (χ4n) is 2.63. The van der Waals surface area contributed by atoms with E-state index in [0.717, 1.165) is 12.1 Å². The van der Waals surface area contributed by atoms with E-state index in [-0.39, 0.29) is 29.9 Å². The van der Waals surface area contributed by atoms with Crippen LogP contribution in [0.4, 0.5) is 0 Å². The Morgan fingerprint density at radius 3 is 2.71 bits per heavy atom. The maximum absolute atomic E-state index is 12.8. The lowest BCUT2D eigenvalue weighted by Gasteiger charge is -2.36. The van der Waals surface area contributed by atoms with E-state index >= 15 is 0 Å². The zero-order valence-corrected chi connectivity index (χ0v) is 13.7. The third kappa shape index (κ3) is 3.69. The molecule has 7 nitrogen and oxygen atoms in total. The van der Waals surface area contributed by atoms with Crippen LogP contribution in [0.3, 0.4) is 0 Å². The Morgan fingerprint density at radius 1 is 1.25 bits per heavy atom. The number of nitrogens with two attached hydrogens (primary N) is 1. The normalized spacial score (nSPS) is 17.0. The molecule has 126 valence electrons. The molecule has 0 spiro atoms. The van der Waals surface area contributed by atoms with Crippen LogP contribution in [0, 0.1) is 0 Å². The lowest BCUT2D eigenvalue weighted by Crippen LogP contribution is -2.48. The SMILES string of the molecule is Cl.NC(=O)c1ccc(C(=O)N2CCNCC2c2cccnc2)nc1. The molecule has 3 rings (SSSR count). The van der Waals surface area contributed by atoms with Crippen molar-refractivity contribution in [2.75, 3.05) is 19.6 Å². The van der Waals surface area contributed by atoms with Gasteiger partial charge in [-0.05, 0) is 23.8 Å². The predicted molar refractivity (Wildman–Crippen MR) is 90.9 cm³/mol. The van der Waals surface area contributed by atoms with Crippen LogP contribution in [0.5, 0.6) is 0 Å². The number of nitrogens with one attached hydrogen (secondary N) is 1. The van der Waals surface area contributed by atoms with Gasteiger partial charge in [0.05, 0.1) is 11.6 Å². The van der Waals surface area contributed by atoms with E-state index in [1.54, 1.807) is 17.3 Å². The number of rotatable bonds is 3. The number of hydrogen-bond acceptors (Lipinski definition) is 5. The van der Waals surface area contributed by atoms with E-state index in [9.17, 15) is 9.59 Å². The Bertz CT molecular complexity index is 708. The zero-order chi connectivity index (χ0) is 16.2. The molecule has 1 aliphatic heterocycles. The van der Waals surface area contributed by atoms with Gasteiger partial charge >= 0.3 is 0 Å². The first-order chi connectivity index (χ1) is 11.2. The van der Waals surface area contributed by atoms with Crippen LogP contribution in [0.2, 0.25) is 0 Å². The van der Waals surface area contributed by atoms with Crippen molar-refractivity contribution in [3.8, 4) is 0 Å². The van der Waals surface area contributed by atoms with Crippen molar-refractivity contribution in [3.05, 3.63) is 59.7 Å². The van der Waals surface area contributed by atoms with Crippen LogP contribution in [0.1, 0.15) is 32.5 Å². The second kappa shape index (κ2) is 7.85. The number of pyridine rings is 2. The van der Waals surface area contributed by atoms with Crippen molar-refractivity contribution >= 4 is 24.2 Å². The first-order valence-electron chi connectivity index (χ1n) is 7.34. The molecule has 1 atom stereocenters. The molecule has 1 fully saturated rings. The summed E-state index contributed by atoms with van der Waals surface area (Å²) >= 11 is 0. The topological polar surface area (TPSA) is 101 Å². The highest BCUT2D eigenvalue weighted by molar-refractivity contribution is 5.95. The lowest BCUT2D eigenvalue weighted by molar-refractivity contribution is 0.0627. The summed E-state index contributed by atoms with van der Waals surface area (Å²) in [4.78, 5) is 33.8. The summed E-state index contributed by atoms with van der Waals surface area (Å²) in [5.74, 6) is -0.733. The molecule has 0 aromatic carbocycles. The molecule has 1 unspecified atom stereocenters. The zero-order valence-electron chi connectivity index (χ0n) is 12.9. The van der Waals surface area contributed by atoms with Crippen molar-refractivity contribution in [2.45, 2.75) is 6.04 Å². The van der Waals surface area contributed by atoms with E-state index in [4.69, 9.17) is 5.73 Å². The maximum atomic E-state index is 12.8. The van der Waals surface area contributed by atoms with Gasteiger partial charge in [0.1, 0.15) is 5.69 Å². The summed E-state index contributed by atoms with van der Waals surface area (Å²) in [7, 11) is 0. The number of primary amides is 1. The van der Waals surface area contributed by atoms with Crippen molar-refractivity contribution in [2.24, 2.45) is 5.73 Å². The highest BCUT2D eigenvalue weighted by Crippen LogP contribution is 2.23. The van der Waals surface area contributed by atoms with Crippen LogP contribution in [-0.4, -0.2) is 46.3 Å². The first-order valence-corrected chi connectivity index (χ1v) is 7.34. The van der Waals surface area contributed by atoms with Gasteiger partial charge in [-0.3, -0.25) is 19.6 Å². The summed E-state index contributed by atoms with van der Waals surface area (Å²) in [6, 6.07) is 6.76. The van der Waals surface area contributed by atoms with Gasteiger partial charge in [-0.2, -0.15) is 0 Å².